The molecule has 4 amide bonds. The van der Waals surface area contributed by atoms with Gasteiger partial charge >= 0.3 is 6.03 Å². The highest BCUT2D eigenvalue weighted by Gasteiger charge is 2.47. The van der Waals surface area contributed by atoms with Gasteiger partial charge in [-0.15, -0.1) is 0 Å². The zero-order valence-electron chi connectivity index (χ0n) is 17.2. The first-order chi connectivity index (χ1) is 13.2. The number of unbranched alkanes of at least 4 members (excludes halogenated alkanes) is 4. The largest absolute Gasteiger partial charge is 0.325 e. The Morgan fingerprint density at radius 3 is 2.50 bits per heavy atom. The summed E-state index contributed by atoms with van der Waals surface area (Å²) in [5.41, 5.74) is 1.38. The second-order valence-electron chi connectivity index (χ2n) is 7.80. The van der Waals surface area contributed by atoms with Crippen LogP contribution in [0.2, 0.25) is 5.02 Å². The Kier molecular flexibility index (Phi) is 7.47. The van der Waals surface area contributed by atoms with Crippen LogP contribution < -0.4 is 10.6 Å². The fraction of sp³-hybridized carbons (Fsp3) is 0.571. The van der Waals surface area contributed by atoms with Crippen LogP contribution in [-0.4, -0.2) is 34.8 Å². The lowest BCUT2D eigenvalue weighted by Gasteiger charge is -2.21. The van der Waals surface area contributed by atoms with Crippen molar-refractivity contribution in [3.05, 3.63) is 28.3 Å². The summed E-state index contributed by atoms with van der Waals surface area (Å²) in [5.74, 6) is -0.806. The zero-order valence-corrected chi connectivity index (χ0v) is 17.9. The number of halogens is 1. The van der Waals surface area contributed by atoms with E-state index < -0.39 is 17.5 Å². The highest BCUT2D eigenvalue weighted by molar-refractivity contribution is 6.34. The SMILES string of the molecule is CCCCCCC[C@]1(C)NC(=O)N(CC(=O)Nc2c(C)cc(C)cc2Cl)C1=O. The number of hydrogen-bond donors (Lipinski definition) is 2. The molecule has 0 unspecified atom stereocenters. The second-order valence-corrected chi connectivity index (χ2v) is 8.21. The molecule has 28 heavy (non-hydrogen) atoms. The van der Waals surface area contributed by atoms with E-state index in [1.165, 1.54) is 6.42 Å². The average Bonchev–Trinajstić information content (AvgIpc) is 2.81. The van der Waals surface area contributed by atoms with Crippen LogP contribution in [0.1, 0.15) is 63.5 Å². The minimum atomic E-state index is -0.943. The molecule has 1 fully saturated rings. The number of imide groups is 1. The molecule has 2 rings (SSSR count). The van der Waals surface area contributed by atoms with E-state index >= 15 is 0 Å². The molecular formula is C21H30ClN3O3. The van der Waals surface area contributed by atoms with Crippen LogP contribution >= 0.6 is 11.6 Å². The lowest BCUT2D eigenvalue weighted by molar-refractivity contribution is -0.133. The molecule has 154 valence electrons. The number of nitrogens with one attached hydrogen (secondary N) is 2. The van der Waals surface area contributed by atoms with Gasteiger partial charge in [-0.3, -0.25) is 14.5 Å². The van der Waals surface area contributed by atoms with Crippen molar-refractivity contribution in [1.29, 1.82) is 0 Å². The first-order valence-corrected chi connectivity index (χ1v) is 10.3. The van der Waals surface area contributed by atoms with Gasteiger partial charge in [0.1, 0.15) is 12.1 Å². The molecule has 7 heteroatoms. The molecular weight excluding hydrogens is 378 g/mol. The number of benzene rings is 1. The summed E-state index contributed by atoms with van der Waals surface area (Å²) < 4.78 is 0. The van der Waals surface area contributed by atoms with Crippen molar-refractivity contribution in [2.24, 2.45) is 0 Å². The number of amides is 4. The molecule has 0 spiro atoms. The summed E-state index contributed by atoms with van der Waals surface area (Å²) >= 11 is 6.22. The number of anilines is 1. The number of nitrogens with zero attached hydrogens (tertiary/aromatic N) is 1. The Morgan fingerprint density at radius 1 is 1.18 bits per heavy atom. The third-order valence-electron chi connectivity index (χ3n) is 5.12. The van der Waals surface area contributed by atoms with Crippen molar-refractivity contribution < 1.29 is 14.4 Å². The molecule has 0 radical (unpaired) electrons. The van der Waals surface area contributed by atoms with Crippen molar-refractivity contribution in [2.75, 3.05) is 11.9 Å². The molecule has 0 saturated carbocycles. The van der Waals surface area contributed by atoms with E-state index in [-0.39, 0.29) is 12.5 Å². The summed E-state index contributed by atoms with van der Waals surface area (Å²) in [4.78, 5) is 38.5. The van der Waals surface area contributed by atoms with Gasteiger partial charge in [-0.25, -0.2) is 4.79 Å². The van der Waals surface area contributed by atoms with Crippen LogP contribution in [-0.2, 0) is 9.59 Å². The number of urea groups is 1. The Hall–Kier alpha value is -2.08. The second kappa shape index (κ2) is 9.41. The van der Waals surface area contributed by atoms with Gasteiger partial charge in [0.25, 0.3) is 5.91 Å². The monoisotopic (exact) mass is 407 g/mol. The Morgan fingerprint density at radius 2 is 1.86 bits per heavy atom. The molecule has 1 atom stereocenters. The maximum atomic E-state index is 12.8. The van der Waals surface area contributed by atoms with E-state index in [9.17, 15) is 14.4 Å². The van der Waals surface area contributed by atoms with Gasteiger partial charge in [0.2, 0.25) is 5.91 Å². The normalized spacial score (nSPS) is 19.1. The van der Waals surface area contributed by atoms with E-state index in [1.807, 2.05) is 19.9 Å². The van der Waals surface area contributed by atoms with E-state index in [2.05, 4.69) is 17.6 Å². The van der Waals surface area contributed by atoms with E-state index in [1.54, 1.807) is 13.0 Å². The van der Waals surface area contributed by atoms with Gasteiger partial charge in [0.05, 0.1) is 10.7 Å². The summed E-state index contributed by atoms with van der Waals surface area (Å²) in [6.45, 7) is 7.31. The van der Waals surface area contributed by atoms with Crippen molar-refractivity contribution in [3.63, 3.8) is 0 Å². The predicted molar refractivity (Wildman–Crippen MR) is 112 cm³/mol. The first kappa shape index (κ1) is 22.2. The third kappa shape index (κ3) is 5.25. The standard InChI is InChI=1S/C21H30ClN3O3/c1-5-6-7-8-9-10-21(4)19(27)25(20(28)24-21)13-17(26)23-18-15(3)11-14(2)12-16(18)22/h11-12H,5-10,13H2,1-4H3,(H,23,26)(H,24,28)/t21-/m0/s1. The van der Waals surface area contributed by atoms with Crippen LogP contribution in [0.15, 0.2) is 12.1 Å². The maximum absolute atomic E-state index is 12.8. The first-order valence-electron chi connectivity index (χ1n) is 9.88. The molecule has 1 aliphatic rings. The molecule has 1 aromatic rings. The molecule has 6 nitrogen and oxygen atoms in total. The van der Waals surface area contributed by atoms with E-state index in [0.29, 0.717) is 17.1 Å². The fourth-order valence-corrected chi connectivity index (χ4v) is 3.91. The molecule has 0 aromatic heterocycles. The van der Waals surface area contributed by atoms with Crippen LogP contribution in [0.3, 0.4) is 0 Å². The summed E-state index contributed by atoms with van der Waals surface area (Å²) in [5, 5.41) is 5.91. The van der Waals surface area contributed by atoms with Gasteiger partial charge in [0, 0.05) is 0 Å². The van der Waals surface area contributed by atoms with E-state index in [0.717, 1.165) is 41.7 Å². The molecule has 0 bridgehead atoms. The molecule has 1 aromatic carbocycles. The minimum absolute atomic E-state index is 0.334. The molecule has 0 aliphatic carbocycles. The van der Waals surface area contributed by atoms with E-state index in [4.69, 9.17) is 11.6 Å². The van der Waals surface area contributed by atoms with Crippen molar-refractivity contribution in [3.8, 4) is 0 Å². The lowest BCUT2D eigenvalue weighted by atomic mass is 9.94. The van der Waals surface area contributed by atoms with Gasteiger partial charge in [-0.1, -0.05) is 56.7 Å². The Labute approximate surface area is 172 Å². The fourth-order valence-electron chi connectivity index (χ4n) is 3.54. The highest BCUT2D eigenvalue weighted by atomic mass is 35.5. The minimum Gasteiger partial charge on any atom is -0.323 e. The highest BCUT2D eigenvalue weighted by Crippen LogP contribution is 2.28. The number of aryl methyl sites for hydroxylation is 2. The molecule has 1 heterocycles. The Balaban J connectivity index is 1.97. The molecule has 1 aliphatic heterocycles. The van der Waals surface area contributed by atoms with Gasteiger partial charge in [-0.2, -0.15) is 0 Å². The van der Waals surface area contributed by atoms with Crippen LogP contribution in [0.25, 0.3) is 0 Å². The molecule has 2 N–H and O–H groups in total. The summed E-state index contributed by atoms with van der Waals surface area (Å²) in [7, 11) is 0. The summed E-state index contributed by atoms with van der Waals surface area (Å²) in [6, 6.07) is 3.14. The van der Waals surface area contributed by atoms with Gasteiger partial charge < -0.3 is 10.6 Å². The lowest BCUT2D eigenvalue weighted by Crippen LogP contribution is -2.44. The molecule has 1 saturated heterocycles. The number of carbonyl (C=O) groups is 3. The van der Waals surface area contributed by atoms with Crippen molar-refractivity contribution in [2.45, 2.75) is 71.8 Å². The average molecular weight is 408 g/mol. The third-order valence-corrected chi connectivity index (χ3v) is 5.42. The van der Waals surface area contributed by atoms with Crippen molar-refractivity contribution in [1.82, 2.24) is 10.2 Å². The topological polar surface area (TPSA) is 78.5 Å². The van der Waals surface area contributed by atoms with Crippen LogP contribution in [0, 0.1) is 13.8 Å². The summed E-state index contributed by atoms with van der Waals surface area (Å²) in [6.07, 6.45) is 5.91. The quantitative estimate of drug-likeness (QED) is 0.465. The van der Waals surface area contributed by atoms with Gasteiger partial charge in [0.15, 0.2) is 0 Å². The number of carbonyl (C=O) groups excluding carboxylic acids is 3. The smallest absolute Gasteiger partial charge is 0.323 e. The van der Waals surface area contributed by atoms with Crippen molar-refractivity contribution >= 4 is 35.1 Å². The predicted octanol–water partition coefficient (Wildman–Crippen LogP) is 4.57. The van der Waals surface area contributed by atoms with Crippen LogP contribution in [0.5, 0.6) is 0 Å². The van der Waals surface area contributed by atoms with Gasteiger partial charge in [-0.05, 0) is 44.4 Å². The van der Waals surface area contributed by atoms with Crippen LogP contribution in [0.4, 0.5) is 10.5 Å². The zero-order chi connectivity index (χ0) is 20.9. The number of hydrogen-bond acceptors (Lipinski definition) is 3. The Bertz CT molecular complexity index is 742. The number of rotatable bonds is 9. The maximum Gasteiger partial charge on any atom is 0.325 e.